The summed E-state index contributed by atoms with van der Waals surface area (Å²) >= 11 is 0. The number of carbonyl (C=O) groups excluding carboxylic acids is 1. The average Bonchev–Trinajstić information content (AvgIpc) is 2.70. The van der Waals surface area contributed by atoms with E-state index >= 15 is 0 Å². The molecule has 0 aliphatic carbocycles. The van der Waals surface area contributed by atoms with Gasteiger partial charge in [-0.3, -0.25) is 14.9 Å². The minimum absolute atomic E-state index is 0.00432. The van der Waals surface area contributed by atoms with Gasteiger partial charge in [-0.05, 0) is 11.6 Å². The van der Waals surface area contributed by atoms with E-state index in [0.29, 0.717) is 10.9 Å². The second-order valence-electron chi connectivity index (χ2n) is 4.01. The quantitative estimate of drug-likeness (QED) is 0.549. The monoisotopic (exact) mass is 248 g/mol. The number of aromatic amines is 1. The Hall–Kier alpha value is -2.41. The highest BCUT2D eigenvalue weighted by atomic mass is 16.6. The third kappa shape index (κ3) is 2.16. The molecule has 1 aromatic heterocycles. The molecule has 0 fully saturated rings. The Balaban J connectivity index is 2.48. The summed E-state index contributed by atoms with van der Waals surface area (Å²) in [6.07, 6.45) is 1.64. The van der Waals surface area contributed by atoms with E-state index in [1.54, 1.807) is 12.3 Å². The third-order valence-electron chi connectivity index (χ3n) is 2.73. The molecule has 0 saturated heterocycles. The maximum atomic E-state index is 10.8. The summed E-state index contributed by atoms with van der Waals surface area (Å²) in [6.45, 7) is 0. The van der Waals surface area contributed by atoms with Crippen molar-refractivity contribution in [3.63, 3.8) is 0 Å². The molecule has 1 amide bonds. The van der Waals surface area contributed by atoms with Gasteiger partial charge in [0, 0.05) is 41.7 Å². The molecule has 0 bridgehead atoms. The fraction of sp³-hybridized carbons (Fsp3) is 0.182. The normalized spacial score (nSPS) is 12.5. The summed E-state index contributed by atoms with van der Waals surface area (Å²) in [5, 5.41) is 11.4. The number of primary amides is 1. The number of non-ortho nitro benzene ring substituents is 1. The van der Waals surface area contributed by atoms with E-state index in [-0.39, 0.29) is 12.1 Å². The van der Waals surface area contributed by atoms with Gasteiger partial charge in [-0.2, -0.15) is 0 Å². The number of nitrogens with one attached hydrogen (secondary N) is 1. The molecule has 0 aliphatic rings. The lowest BCUT2D eigenvalue weighted by Gasteiger charge is -2.07. The number of nitro benzene ring substituents is 1. The lowest BCUT2D eigenvalue weighted by Crippen LogP contribution is -2.20. The van der Waals surface area contributed by atoms with E-state index in [1.165, 1.54) is 12.1 Å². The molecule has 0 spiro atoms. The van der Waals surface area contributed by atoms with Crippen LogP contribution in [0.25, 0.3) is 10.9 Å². The number of H-pyrrole nitrogens is 1. The third-order valence-corrected chi connectivity index (χ3v) is 2.73. The van der Waals surface area contributed by atoms with Crippen LogP contribution >= 0.6 is 0 Å². The van der Waals surface area contributed by atoms with Crippen molar-refractivity contribution in [2.45, 2.75) is 12.5 Å². The Morgan fingerprint density at radius 2 is 2.22 bits per heavy atom. The van der Waals surface area contributed by atoms with Crippen LogP contribution in [-0.4, -0.2) is 15.8 Å². The number of nitro groups is 1. The van der Waals surface area contributed by atoms with Crippen molar-refractivity contribution in [1.82, 2.24) is 4.98 Å². The van der Waals surface area contributed by atoms with E-state index in [0.717, 1.165) is 5.52 Å². The predicted octanol–water partition coefficient (Wildman–Crippen LogP) is 0.951. The molecule has 0 radical (unpaired) electrons. The molecule has 0 aliphatic heterocycles. The molecule has 0 saturated carbocycles. The van der Waals surface area contributed by atoms with Crippen molar-refractivity contribution >= 4 is 22.5 Å². The van der Waals surface area contributed by atoms with Crippen LogP contribution in [0.3, 0.4) is 0 Å². The first kappa shape index (κ1) is 12.1. The topological polar surface area (TPSA) is 128 Å². The predicted molar refractivity (Wildman–Crippen MR) is 65.7 cm³/mol. The van der Waals surface area contributed by atoms with Gasteiger partial charge in [0.2, 0.25) is 5.91 Å². The number of aromatic nitrogens is 1. The summed E-state index contributed by atoms with van der Waals surface area (Å²) in [5.41, 5.74) is 12.3. The molecule has 2 aromatic rings. The van der Waals surface area contributed by atoms with Crippen LogP contribution in [0, 0.1) is 10.1 Å². The maximum absolute atomic E-state index is 10.8. The number of nitrogens with two attached hydrogens (primary N) is 2. The second-order valence-corrected chi connectivity index (χ2v) is 4.01. The smallest absolute Gasteiger partial charge is 0.270 e. The number of amides is 1. The van der Waals surface area contributed by atoms with Gasteiger partial charge in [0.1, 0.15) is 0 Å². The van der Waals surface area contributed by atoms with Crippen molar-refractivity contribution in [3.8, 4) is 0 Å². The van der Waals surface area contributed by atoms with Crippen molar-refractivity contribution in [2.75, 3.05) is 0 Å². The van der Waals surface area contributed by atoms with Gasteiger partial charge >= 0.3 is 0 Å². The van der Waals surface area contributed by atoms with Crippen molar-refractivity contribution in [2.24, 2.45) is 11.5 Å². The molecule has 7 nitrogen and oxygen atoms in total. The minimum atomic E-state index is -0.571. The number of nitrogens with zero attached hydrogens (tertiary/aromatic N) is 1. The van der Waals surface area contributed by atoms with Gasteiger partial charge < -0.3 is 16.5 Å². The SMILES string of the molecule is NC(=O)CC(N)c1c[nH]c2ccc([N+](=O)[O-])cc12. The highest BCUT2D eigenvalue weighted by Crippen LogP contribution is 2.27. The summed E-state index contributed by atoms with van der Waals surface area (Å²) in [6, 6.07) is 3.87. The highest BCUT2D eigenvalue weighted by Gasteiger charge is 2.16. The van der Waals surface area contributed by atoms with Crippen LogP contribution in [0.15, 0.2) is 24.4 Å². The Labute approximate surface area is 102 Å². The number of hydrogen-bond acceptors (Lipinski definition) is 4. The van der Waals surface area contributed by atoms with Gasteiger partial charge in [-0.15, -0.1) is 0 Å². The van der Waals surface area contributed by atoms with E-state index in [1.807, 2.05) is 0 Å². The molecule has 94 valence electrons. The van der Waals surface area contributed by atoms with Crippen LogP contribution < -0.4 is 11.5 Å². The molecule has 18 heavy (non-hydrogen) atoms. The number of rotatable bonds is 4. The van der Waals surface area contributed by atoms with Gasteiger partial charge in [0.25, 0.3) is 5.69 Å². The van der Waals surface area contributed by atoms with Crippen LogP contribution in [-0.2, 0) is 4.79 Å². The first-order valence-electron chi connectivity index (χ1n) is 5.28. The molecular weight excluding hydrogens is 236 g/mol. The van der Waals surface area contributed by atoms with Crippen LogP contribution in [0.2, 0.25) is 0 Å². The summed E-state index contributed by atoms with van der Waals surface area (Å²) < 4.78 is 0. The summed E-state index contributed by atoms with van der Waals surface area (Å²) in [5.74, 6) is -0.512. The van der Waals surface area contributed by atoms with E-state index in [9.17, 15) is 14.9 Å². The van der Waals surface area contributed by atoms with E-state index in [4.69, 9.17) is 11.5 Å². The molecule has 2 rings (SSSR count). The molecule has 1 heterocycles. The number of carbonyl (C=O) groups is 1. The summed E-state index contributed by atoms with van der Waals surface area (Å²) in [7, 11) is 0. The van der Waals surface area contributed by atoms with E-state index in [2.05, 4.69) is 4.98 Å². The van der Waals surface area contributed by atoms with E-state index < -0.39 is 16.9 Å². The Morgan fingerprint density at radius 3 is 2.83 bits per heavy atom. The fourth-order valence-corrected chi connectivity index (χ4v) is 1.88. The Kier molecular flexibility index (Phi) is 2.99. The lowest BCUT2D eigenvalue weighted by atomic mass is 10.0. The minimum Gasteiger partial charge on any atom is -0.370 e. The molecule has 7 heteroatoms. The first-order valence-corrected chi connectivity index (χ1v) is 5.28. The Morgan fingerprint density at radius 1 is 1.50 bits per heavy atom. The Bertz CT molecular complexity index is 620. The zero-order valence-corrected chi connectivity index (χ0v) is 9.42. The lowest BCUT2D eigenvalue weighted by molar-refractivity contribution is -0.384. The van der Waals surface area contributed by atoms with Crippen LogP contribution in [0.5, 0.6) is 0 Å². The van der Waals surface area contributed by atoms with Crippen LogP contribution in [0.4, 0.5) is 5.69 Å². The number of benzene rings is 1. The standard InChI is InChI=1S/C11H12N4O3/c12-9(4-11(13)16)8-5-14-10-2-1-6(15(17)18)3-7(8)10/h1-3,5,9,14H,4,12H2,(H2,13,16). The molecule has 5 N–H and O–H groups in total. The fourth-order valence-electron chi connectivity index (χ4n) is 1.88. The van der Waals surface area contributed by atoms with Crippen molar-refractivity contribution in [3.05, 3.63) is 40.1 Å². The highest BCUT2D eigenvalue weighted by molar-refractivity contribution is 5.86. The van der Waals surface area contributed by atoms with Gasteiger partial charge in [-0.25, -0.2) is 0 Å². The summed E-state index contributed by atoms with van der Waals surface area (Å²) in [4.78, 5) is 24.0. The number of hydrogen-bond donors (Lipinski definition) is 3. The largest absolute Gasteiger partial charge is 0.370 e. The van der Waals surface area contributed by atoms with Crippen molar-refractivity contribution < 1.29 is 9.72 Å². The van der Waals surface area contributed by atoms with Gasteiger partial charge in [0.05, 0.1) is 4.92 Å². The van der Waals surface area contributed by atoms with Crippen molar-refractivity contribution in [1.29, 1.82) is 0 Å². The van der Waals surface area contributed by atoms with Crippen LogP contribution in [0.1, 0.15) is 18.0 Å². The molecule has 1 atom stereocenters. The zero-order valence-electron chi connectivity index (χ0n) is 9.42. The zero-order chi connectivity index (χ0) is 13.3. The second kappa shape index (κ2) is 4.46. The molecule has 1 aromatic carbocycles. The first-order chi connectivity index (χ1) is 8.49. The van der Waals surface area contributed by atoms with Gasteiger partial charge in [-0.1, -0.05) is 0 Å². The molecule has 1 unspecified atom stereocenters. The maximum Gasteiger partial charge on any atom is 0.270 e. The molecular formula is C11H12N4O3. The number of fused-ring (bicyclic) bond motifs is 1. The van der Waals surface area contributed by atoms with Gasteiger partial charge in [0.15, 0.2) is 0 Å². The average molecular weight is 248 g/mol.